The number of nitrogens with zero attached hydrogens (tertiary/aromatic N) is 1. The highest BCUT2D eigenvalue weighted by Crippen LogP contribution is 2.33. The molecule has 0 spiro atoms. The average Bonchev–Trinajstić information content (AvgIpc) is 3.38. The SMILES string of the molecule is COc1cc(CC(=O)N2CCC[C@@]2(COc2ccc(C(=O)O)cc2)OC)ccc1NC(=O)Nc1ccccc1C. The second-order valence-corrected chi connectivity index (χ2v) is 9.52. The largest absolute Gasteiger partial charge is 0.495 e. The zero-order chi connectivity index (χ0) is 28.7. The predicted octanol–water partition coefficient (Wildman–Crippen LogP) is 4.93. The van der Waals surface area contributed by atoms with Crippen LogP contribution in [0.4, 0.5) is 16.2 Å². The first kappa shape index (κ1) is 28.4. The third-order valence-corrected chi connectivity index (χ3v) is 6.95. The summed E-state index contributed by atoms with van der Waals surface area (Å²) in [7, 11) is 3.05. The number of amides is 3. The van der Waals surface area contributed by atoms with Gasteiger partial charge in [0.2, 0.25) is 5.91 Å². The molecule has 0 aromatic heterocycles. The summed E-state index contributed by atoms with van der Waals surface area (Å²) in [6.07, 6.45) is 1.46. The van der Waals surface area contributed by atoms with Gasteiger partial charge < -0.3 is 34.9 Å². The van der Waals surface area contributed by atoms with Crippen molar-refractivity contribution >= 4 is 29.3 Å². The number of likely N-dealkylation sites (tertiary alicyclic amines) is 1. The molecule has 1 aliphatic heterocycles. The second kappa shape index (κ2) is 12.5. The monoisotopic (exact) mass is 547 g/mol. The van der Waals surface area contributed by atoms with Gasteiger partial charge >= 0.3 is 12.0 Å². The zero-order valence-electron chi connectivity index (χ0n) is 22.7. The Balaban J connectivity index is 1.41. The van der Waals surface area contributed by atoms with Crippen molar-refractivity contribution in [3.63, 3.8) is 0 Å². The topological polar surface area (TPSA) is 126 Å². The van der Waals surface area contributed by atoms with Gasteiger partial charge in [-0.25, -0.2) is 9.59 Å². The van der Waals surface area contributed by atoms with Gasteiger partial charge in [-0.1, -0.05) is 24.3 Å². The third-order valence-electron chi connectivity index (χ3n) is 6.95. The first-order valence-electron chi connectivity index (χ1n) is 12.9. The molecule has 1 atom stereocenters. The maximum Gasteiger partial charge on any atom is 0.335 e. The Kier molecular flexibility index (Phi) is 8.90. The summed E-state index contributed by atoms with van der Waals surface area (Å²) in [6.45, 7) is 2.53. The maximum atomic E-state index is 13.4. The smallest absolute Gasteiger partial charge is 0.335 e. The fourth-order valence-corrected chi connectivity index (χ4v) is 4.72. The minimum atomic E-state index is -1.02. The highest BCUT2D eigenvalue weighted by Gasteiger charge is 2.44. The summed E-state index contributed by atoms with van der Waals surface area (Å²) in [4.78, 5) is 38.8. The number of rotatable bonds is 10. The van der Waals surface area contributed by atoms with Crippen LogP contribution in [-0.2, 0) is 16.0 Å². The summed E-state index contributed by atoms with van der Waals surface area (Å²) >= 11 is 0. The molecule has 10 heteroatoms. The fourth-order valence-electron chi connectivity index (χ4n) is 4.72. The van der Waals surface area contributed by atoms with E-state index in [1.807, 2.05) is 31.2 Å². The van der Waals surface area contributed by atoms with E-state index in [0.29, 0.717) is 41.4 Å². The Bertz CT molecular complexity index is 1380. The summed E-state index contributed by atoms with van der Waals surface area (Å²) < 4.78 is 17.2. The summed E-state index contributed by atoms with van der Waals surface area (Å²) in [5, 5.41) is 14.7. The molecule has 10 nitrogen and oxygen atoms in total. The van der Waals surface area contributed by atoms with E-state index in [2.05, 4.69) is 10.6 Å². The second-order valence-electron chi connectivity index (χ2n) is 9.52. The highest BCUT2D eigenvalue weighted by atomic mass is 16.6. The van der Waals surface area contributed by atoms with Crippen LogP contribution in [0.1, 0.15) is 34.3 Å². The molecular weight excluding hydrogens is 514 g/mol. The Morgan fingerprint density at radius 3 is 2.38 bits per heavy atom. The van der Waals surface area contributed by atoms with E-state index < -0.39 is 17.7 Å². The number of carbonyl (C=O) groups excluding carboxylic acids is 2. The Morgan fingerprint density at radius 1 is 0.975 bits per heavy atom. The molecule has 210 valence electrons. The molecule has 3 N–H and O–H groups in total. The Labute approximate surface area is 232 Å². The average molecular weight is 548 g/mol. The van der Waals surface area contributed by atoms with Gasteiger partial charge in [0, 0.05) is 25.8 Å². The van der Waals surface area contributed by atoms with Gasteiger partial charge in [0.05, 0.1) is 24.8 Å². The van der Waals surface area contributed by atoms with Gasteiger partial charge in [-0.2, -0.15) is 0 Å². The van der Waals surface area contributed by atoms with E-state index in [1.165, 1.54) is 19.2 Å². The van der Waals surface area contributed by atoms with Crippen LogP contribution in [0.25, 0.3) is 0 Å². The maximum absolute atomic E-state index is 13.4. The van der Waals surface area contributed by atoms with Crippen molar-refractivity contribution in [3.05, 3.63) is 83.4 Å². The molecule has 0 aliphatic carbocycles. The van der Waals surface area contributed by atoms with Crippen molar-refractivity contribution in [2.45, 2.75) is 31.9 Å². The molecule has 0 unspecified atom stereocenters. The van der Waals surface area contributed by atoms with Crippen molar-refractivity contribution in [2.75, 3.05) is 38.0 Å². The number of para-hydroxylation sites is 1. The molecule has 0 saturated carbocycles. The molecule has 0 radical (unpaired) electrons. The molecule has 1 fully saturated rings. The van der Waals surface area contributed by atoms with E-state index in [9.17, 15) is 14.4 Å². The van der Waals surface area contributed by atoms with Crippen molar-refractivity contribution in [1.29, 1.82) is 0 Å². The zero-order valence-corrected chi connectivity index (χ0v) is 22.7. The van der Waals surface area contributed by atoms with Crippen molar-refractivity contribution < 1.29 is 33.7 Å². The Morgan fingerprint density at radius 2 is 1.70 bits per heavy atom. The van der Waals surface area contributed by atoms with Gasteiger partial charge in [-0.05, 0) is 66.9 Å². The molecular formula is C30H33N3O7. The molecule has 3 aromatic carbocycles. The number of carboxylic acid groups (broad SMARTS) is 1. The number of benzene rings is 3. The number of nitrogens with one attached hydrogen (secondary N) is 2. The lowest BCUT2D eigenvalue weighted by Crippen LogP contribution is -2.53. The lowest BCUT2D eigenvalue weighted by atomic mass is 10.1. The van der Waals surface area contributed by atoms with Gasteiger partial charge in [-0.15, -0.1) is 0 Å². The highest BCUT2D eigenvalue weighted by molar-refractivity contribution is 6.01. The van der Waals surface area contributed by atoms with Crippen LogP contribution in [0.15, 0.2) is 66.7 Å². The first-order chi connectivity index (χ1) is 19.2. The Hall–Kier alpha value is -4.57. The van der Waals surface area contributed by atoms with Crippen LogP contribution < -0.4 is 20.1 Å². The molecule has 1 saturated heterocycles. The van der Waals surface area contributed by atoms with Crippen LogP contribution in [0, 0.1) is 6.92 Å². The van der Waals surface area contributed by atoms with Gasteiger partial charge in [0.1, 0.15) is 18.1 Å². The van der Waals surface area contributed by atoms with Crippen LogP contribution >= 0.6 is 0 Å². The van der Waals surface area contributed by atoms with E-state index in [1.54, 1.807) is 42.3 Å². The summed E-state index contributed by atoms with van der Waals surface area (Å²) in [5.41, 5.74) is 2.05. The molecule has 3 aromatic rings. The molecule has 0 bridgehead atoms. The number of aryl methyl sites for hydroxylation is 1. The molecule has 1 aliphatic rings. The van der Waals surface area contributed by atoms with Gasteiger partial charge in [0.15, 0.2) is 5.72 Å². The number of methoxy groups -OCH3 is 2. The molecule has 1 heterocycles. The molecule has 40 heavy (non-hydrogen) atoms. The van der Waals surface area contributed by atoms with Crippen LogP contribution in [-0.4, -0.2) is 61.0 Å². The van der Waals surface area contributed by atoms with E-state index >= 15 is 0 Å². The number of anilines is 2. The lowest BCUT2D eigenvalue weighted by molar-refractivity contribution is -0.166. The van der Waals surface area contributed by atoms with Crippen molar-refractivity contribution in [2.24, 2.45) is 0 Å². The van der Waals surface area contributed by atoms with Crippen LogP contribution in [0.5, 0.6) is 11.5 Å². The number of hydrogen-bond acceptors (Lipinski definition) is 6. The number of hydrogen-bond donors (Lipinski definition) is 3. The first-order valence-corrected chi connectivity index (χ1v) is 12.9. The fraction of sp³-hybridized carbons (Fsp3) is 0.300. The number of aromatic carboxylic acids is 1. The van der Waals surface area contributed by atoms with Crippen LogP contribution in [0.3, 0.4) is 0 Å². The minimum absolute atomic E-state index is 0.101. The number of ether oxygens (including phenoxy) is 3. The minimum Gasteiger partial charge on any atom is -0.495 e. The molecule has 4 rings (SSSR count). The van der Waals surface area contributed by atoms with Crippen molar-refractivity contribution in [3.8, 4) is 11.5 Å². The van der Waals surface area contributed by atoms with Gasteiger partial charge in [0.25, 0.3) is 0 Å². The third kappa shape index (κ3) is 6.52. The normalized spacial score (nSPS) is 16.3. The van der Waals surface area contributed by atoms with E-state index in [-0.39, 0.29) is 24.5 Å². The molecule has 3 amide bonds. The standard InChI is InChI=1S/C30H33N3O7/c1-20-7-4-5-8-24(20)31-29(37)32-25-14-9-21(17-26(25)38-2)18-27(34)33-16-6-15-30(33,39-3)19-40-23-12-10-22(11-13-23)28(35)36/h4-5,7-14,17H,6,15-16,18-19H2,1-3H3,(H,35,36)(H2,31,32,37)/t30-/m0/s1. The summed E-state index contributed by atoms with van der Waals surface area (Å²) in [5.74, 6) is -0.236. The van der Waals surface area contributed by atoms with Crippen LogP contribution in [0.2, 0.25) is 0 Å². The van der Waals surface area contributed by atoms with Gasteiger partial charge in [-0.3, -0.25) is 4.79 Å². The van der Waals surface area contributed by atoms with E-state index in [0.717, 1.165) is 12.0 Å². The number of carboxylic acids is 1. The number of carbonyl (C=O) groups is 3. The quantitative estimate of drug-likeness (QED) is 0.328. The predicted molar refractivity (Wildman–Crippen MR) is 150 cm³/mol. The summed E-state index contributed by atoms with van der Waals surface area (Å²) in [6, 6.07) is 18.4. The van der Waals surface area contributed by atoms with E-state index in [4.69, 9.17) is 19.3 Å². The number of urea groups is 1. The van der Waals surface area contributed by atoms with Crippen molar-refractivity contribution in [1.82, 2.24) is 4.90 Å². The lowest BCUT2D eigenvalue weighted by Gasteiger charge is -2.37.